The van der Waals surface area contributed by atoms with Gasteiger partial charge in [0.25, 0.3) is 5.91 Å². The maximum atomic E-state index is 14.8. The first kappa shape index (κ1) is 25.6. The number of primary amides is 1. The number of hydrogen-bond acceptors (Lipinski definition) is 2. The molecule has 0 heterocycles. The van der Waals surface area contributed by atoms with Gasteiger partial charge in [0.05, 0.1) is 21.3 Å². The van der Waals surface area contributed by atoms with Gasteiger partial charge in [-0.2, -0.15) is 0 Å². The third-order valence-corrected chi connectivity index (χ3v) is 7.52. The predicted octanol–water partition coefficient (Wildman–Crippen LogP) is 6.50. The number of hydrogen-bond donors (Lipinski definition) is 2. The van der Waals surface area contributed by atoms with Gasteiger partial charge >= 0.3 is 0 Å². The van der Waals surface area contributed by atoms with Gasteiger partial charge in [-0.15, -0.1) is 0 Å². The van der Waals surface area contributed by atoms with Crippen LogP contribution < -0.4 is 11.1 Å². The van der Waals surface area contributed by atoms with E-state index in [-0.39, 0.29) is 16.1 Å². The Morgan fingerprint density at radius 3 is 2.17 bits per heavy atom. The molecule has 12 heteroatoms. The summed E-state index contributed by atoms with van der Waals surface area (Å²) in [6.07, 6.45) is 0. The summed E-state index contributed by atoms with van der Waals surface area (Å²) in [6.45, 7) is 0. The fourth-order valence-electron chi connectivity index (χ4n) is 4.13. The van der Waals surface area contributed by atoms with Crippen LogP contribution in [0, 0.1) is 23.3 Å². The van der Waals surface area contributed by atoms with Crippen LogP contribution in [0.2, 0.25) is 10.0 Å². The summed E-state index contributed by atoms with van der Waals surface area (Å²) in [6, 6.07) is 7.79. The molecule has 0 radical (unpaired) electrons. The van der Waals surface area contributed by atoms with Crippen LogP contribution in [-0.4, -0.2) is 16.1 Å². The van der Waals surface area contributed by atoms with Gasteiger partial charge in [0.15, 0.2) is 0 Å². The molecule has 1 aliphatic rings. The Balaban J connectivity index is 1.82. The SMILES string of the molecule is NC(=O)C1(c2cc(F)c(Cl)c(C(=O)Nc3ccc(F)cc3F)c2)C(c2ccc(F)c(Cl)c2)C1(Cl)Cl. The maximum absolute atomic E-state index is 14.8. The molecule has 1 fully saturated rings. The van der Waals surface area contributed by atoms with Crippen LogP contribution in [0.1, 0.15) is 27.4 Å². The topological polar surface area (TPSA) is 72.2 Å². The van der Waals surface area contributed by atoms with Crippen molar-refractivity contribution in [3.05, 3.63) is 98.5 Å². The molecule has 3 aromatic carbocycles. The Kier molecular flexibility index (Phi) is 6.47. The molecule has 4 nitrogen and oxygen atoms in total. The second kappa shape index (κ2) is 8.85. The molecule has 4 rings (SSSR count). The molecule has 0 saturated heterocycles. The minimum Gasteiger partial charge on any atom is -0.369 e. The zero-order valence-electron chi connectivity index (χ0n) is 17.1. The molecule has 2 unspecified atom stereocenters. The Labute approximate surface area is 215 Å². The van der Waals surface area contributed by atoms with E-state index < -0.39 is 67.0 Å². The van der Waals surface area contributed by atoms with E-state index in [4.69, 9.17) is 52.1 Å². The van der Waals surface area contributed by atoms with E-state index in [1.54, 1.807) is 0 Å². The summed E-state index contributed by atoms with van der Waals surface area (Å²) in [5.41, 5.74) is 2.81. The van der Waals surface area contributed by atoms with Crippen molar-refractivity contribution < 1.29 is 27.2 Å². The van der Waals surface area contributed by atoms with Crippen LogP contribution in [-0.2, 0) is 10.2 Å². The number of rotatable bonds is 5. The molecule has 3 N–H and O–H groups in total. The molecule has 0 aliphatic heterocycles. The van der Waals surface area contributed by atoms with Crippen molar-refractivity contribution in [1.82, 2.24) is 0 Å². The summed E-state index contributed by atoms with van der Waals surface area (Å²) < 4.78 is 53.7. The normalized spacial score (nSPS) is 20.4. The van der Waals surface area contributed by atoms with Gasteiger partial charge in [-0.1, -0.05) is 52.5 Å². The Morgan fingerprint density at radius 1 is 0.886 bits per heavy atom. The minimum atomic E-state index is -1.96. The molecule has 2 amide bonds. The average molecular weight is 566 g/mol. The number of halogens is 8. The van der Waals surface area contributed by atoms with Gasteiger partial charge in [-0.05, 0) is 47.5 Å². The van der Waals surface area contributed by atoms with Gasteiger partial charge in [0.1, 0.15) is 33.0 Å². The highest BCUT2D eigenvalue weighted by Crippen LogP contribution is 2.74. The van der Waals surface area contributed by atoms with Crippen molar-refractivity contribution in [2.45, 2.75) is 15.7 Å². The average Bonchev–Trinajstić information content (AvgIpc) is 3.31. The lowest BCUT2D eigenvalue weighted by Crippen LogP contribution is -2.34. The number of alkyl halides is 2. The number of benzene rings is 3. The number of nitrogens with two attached hydrogens (primary N) is 1. The number of nitrogens with one attached hydrogen (secondary N) is 1. The minimum absolute atomic E-state index is 0.202. The zero-order chi connectivity index (χ0) is 25.9. The van der Waals surface area contributed by atoms with Crippen LogP contribution >= 0.6 is 46.4 Å². The standard InChI is InChI=1S/C23H12Cl4F4N2O2/c24-13-5-9(1-3-14(13)29)19-22(21(32)35,23(19,26)27)10-6-12(18(25)16(31)7-10)20(34)33-17-4-2-11(28)8-15(17)30/h1-8,19H,(H2,32,35)(H,33,34). The predicted molar refractivity (Wildman–Crippen MR) is 125 cm³/mol. The van der Waals surface area contributed by atoms with E-state index in [2.05, 4.69) is 5.32 Å². The first-order chi connectivity index (χ1) is 16.3. The van der Waals surface area contributed by atoms with Crippen LogP contribution in [0.15, 0.2) is 48.5 Å². The molecule has 0 bridgehead atoms. The fourth-order valence-corrected chi connectivity index (χ4v) is 5.60. The highest BCUT2D eigenvalue weighted by atomic mass is 35.5. The number of carbonyl (C=O) groups is 2. The second-order valence-electron chi connectivity index (χ2n) is 7.80. The Bertz CT molecular complexity index is 1400. The molecule has 35 heavy (non-hydrogen) atoms. The van der Waals surface area contributed by atoms with Crippen molar-refractivity contribution in [1.29, 1.82) is 0 Å². The van der Waals surface area contributed by atoms with Gasteiger partial charge in [0.2, 0.25) is 5.91 Å². The van der Waals surface area contributed by atoms with Gasteiger partial charge in [0, 0.05) is 12.0 Å². The summed E-state index contributed by atoms with van der Waals surface area (Å²) >= 11 is 24.7. The van der Waals surface area contributed by atoms with Crippen LogP contribution in [0.25, 0.3) is 0 Å². The number of anilines is 1. The van der Waals surface area contributed by atoms with Crippen molar-refractivity contribution >= 4 is 63.9 Å². The van der Waals surface area contributed by atoms with Crippen LogP contribution in [0.5, 0.6) is 0 Å². The molecule has 2 atom stereocenters. The van der Waals surface area contributed by atoms with E-state index in [0.717, 1.165) is 30.3 Å². The summed E-state index contributed by atoms with van der Waals surface area (Å²) in [5, 5.41) is 1.23. The fraction of sp³-hybridized carbons (Fsp3) is 0.130. The van der Waals surface area contributed by atoms with E-state index in [9.17, 15) is 27.2 Å². The maximum Gasteiger partial charge on any atom is 0.257 e. The highest BCUT2D eigenvalue weighted by molar-refractivity contribution is 6.55. The van der Waals surface area contributed by atoms with E-state index >= 15 is 0 Å². The Morgan fingerprint density at radius 2 is 1.57 bits per heavy atom. The third kappa shape index (κ3) is 4.02. The highest BCUT2D eigenvalue weighted by Gasteiger charge is 2.81. The molecule has 3 aromatic rings. The van der Waals surface area contributed by atoms with Gasteiger partial charge in [-0.25, -0.2) is 17.6 Å². The first-order valence-corrected chi connectivity index (χ1v) is 11.2. The lowest BCUT2D eigenvalue weighted by Gasteiger charge is -2.18. The van der Waals surface area contributed by atoms with E-state index in [0.29, 0.717) is 6.07 Å². The summed E-state index contributed by atoms with van der Waals surface area (Å²) in [4.78, 5) is 25.5. The molecule has 0 aromatic heterocycles. The number of carbonyl (C=O) groups excluding carboxylic acids is 2. The summed E-state index contributed by atoms with van der Waals surface area (Å²) in [7, 11) is 0. The van der Waals surface area contributed by atoms with Crippen molar-refractivity contribution in [2.75, 3.05) is 5.32 Å². The third-order valence-electron chi connectivity index (χ3n) is 5.81. The van der Waals surface area contributed by atoms with Gasteiger partial charge < -0.3 is 11.1 Å². The van der Waals surface area contributed by atoms with Crippen molar-refractivity contribution in [2.24, 2.45) is 5.73 Å². The second-order valence-corrected chi connectivity index (χ2v) is 9.97. The molecular weight excluding hydrogens is 554 g/mol. The molecule has 0 spiro atoms. The Hall–Kier alpha value is -2.52. The quantitative estimate of drug-likeness (QED) is 0.274. The summed E-state index contributed by atoms with van der Waals surface area (Å²) in [5.74, 6) is -7.06. The number of amides is 2. The largest absolute Gasteiger partial charge is 0.369 e. The van der Waals surface area contributed by atoms with E-state index in [1.807, 2.05) is 0 Å². The van der Waals surface area contributed by atoms with E-state index in [1.165, 1.54) is 12.1 Å². The lowest BCUT2D eigenvalue weighted by molar-refractivity contribution is -0.120. The van der Waals surface area contributed by atoms with Crippen molar-refractivity contribution in [3.8, 4) is 0 Å². The monoisotopic (exact) mass is 564 g/mol. The van der Waals surface area contributed by atoms with Crippen molar-refractivity contribution in [3.63, 3.8) is 0 Å². The zero-order valence-corrected chi connectivity index (χ0v) is 20.1. The molecular formula is C23H12Cl4F4N2O2. The van der Waals surface area contributed by atoms with Gasteiger partial charge in [-0.3, -0.25) is 9.59 Å². The molecule has 1 saturated carbocycles. The van der Waals surface area contributed by atoms with Crippen LogP contribution in [0.3, 0.4) is 0 Å². The first-order valence-electron chi connectivity index (χ1n) is 9.71. The smallest absolute Gasteiger partial charge is 0.257 e. The lowest BCUT2D eigenvalue weighted by atomic mass is 9.88. The molecule has 1 aliphatic carbocycles. The van der Waals surface area contributed by atoms with Crippen LogP contribution in [0.4, 0.5) is 23.2 Å². The molecule has 182 valence electrons.